The molecule has 0 saturated carbocycles. The Bertz CT molecular complexity index is 615. The van der Waals surface area contributed by atoms with Gasteiger partial charge in [0.05, 0.1) is 20.3 Å². The Morgan fingerprint density at radius 2 is 1.67 bits per heavy atom. The average Bonchev–Trinajstić information content (AvgIpc) is 2.47. The normalized spacial score (nSPS) is 12.0. The minimum Gasteiger partial charge on any atom is -0.497 e. The molecule has 6 heteroatoms. The highest BCUT2D eigenvalue weighted by atomic mass is 79.9. The number of hydrogen-bond donors (Lipinski definition) is 2. The summed E-state index contributed by atoms with van der Waals surface area (Å²) in [5.41, 5.74) is 4.75. The maximum Gasteiger partial charge on any atom is 0.124 e. The van der Waals surface area contributed by atoms with Gasteiger partial charge in [0.15, 0.2) is 0 Å². The number of hydrazine groups is 1. The molecule has 2 aromatic carbocycles. The number of ether oxygens (including phenoxy) is 2. The molecule has 0 heterocycles. The molecule has 2 aromatic rings. The molecule has 0 aliphatic carbocycles. The Kier molecular flexibility index (Phi) is 5.64. The lowest BCUT2D eigenvalue weighted by Gasteiger charge is -2.21. The first-order valence-corrected chi connectivity index (χ1v) is 7.81. The Labute approximate surface area is 140 Å². The third kappa shape index (κ3) is 3.77. The standard InChI is InChI=1S/C15H16Br2N2O2/c1-20-12-3-4-14(21-2)13(8-12)15(19-18)9-5-10(16)7-11(17)6-9/h3-8,15,19H,18H2,1-2H3. The molecule has 4 nitrogen and oxygen atoms in total. The van der Waals surface area contributed by atoms with Crippen LogP contribution in [-0.4, -0.2) is 14.2 Å². The van der Waals surface area contributed by atoms with Gasteiger partial charge in [0.25, 0.3) is 0 Å². The van der Waals surface area contributed by atoms with E-state index in [-0.39, 0.29) is 6.04 Å². The van der Waals surface area contributed by atoms with Crippen molar-refractivity contribution in [3.8, 4) is 11.5 Å². The first-order valence-electron chi connectivity index (χ1n) is 6.23. The largest absolute Gasteiger partial charge is 0.497 e. The van der Waals surface area contributed by atoms with Gasteiger partial charge in [-0.2, -0.15) is 0 Å². The minimum absolute atomic E-state index is 0.219. The quantitative estimate of drug-likeness (QED) is 0.576. The molecule has 0 spiro atoms. The van der Waals surface area contributed by atoms with Gasteiger partial charge >= 0.3 is 0 Å². The SMILES string of the molecule is COc1ccc(OC)c(C(NN)c2cc(Br)cc(Br)c2)c1. The second-order valence-corrected chi connectivity index (χ2v) is 6.24. The Morgan fingerprint density at radius 1 is 1.00 bits per heavy atom. The molecular weight excluding hydrogens is 400 g/mol. The van der Waals surface area contributed by atoms with Crippen molar-refractivity contribution in [2.45, 2.75) is 6.04 Å². The van der Waals surface area contributed by atoms with Gasteiger partial charge < -0.3 is 9.47 Å². The van der Waals surface area contributed by atoms with Crippen molar-refractivity contribution in [1.82, 2.24) is 5.43 Å². The molecule has 3 N–H and O–H groups in total. The summed E-state index contributed by atoms with van der Waals surface area (Å²) in [7, 11) is 3.27. The van der Waals surface area contributed by atoms with Crippen molar-refractivity contribution in [3.05, 3.63) is 56.5 Å². The van der Waals surface area contributed by atoms with E-state index in [0.717, 1.165) is 31.6 Å². The van der Waals surface area contributed by atoms with E-state index in [4.69, 9.17) is 15.3 Å². The van der Waals surface area contributed by atoms with Crippen LogP contribution in [0, 0.1) is 0 Å². The number of nitrogens with two attached hydrogens (primary N) is 1. The van der Waals surface area contributed by atoms with Crippen LogP contribution in [0.25, 0.3) is 0 Å². The van der Waals surface area contributed by atoms with E-state index in [0.29, 0.717) is 0 Å². The summed E-state index contributed by atoms with van der Waals surface area (Å²) in [6, 6.07) is 11.4. The van der Waals surface area contributed by atoms with Crippen molar-refractivity contribution in [3.63, 3.8) is 0 Å². The lowest BCUT2D eigenvalue weighted by molar-refractivity contribution is 0.394. The summed E-state index contributed by atoms with van der Waals surface area (Å²) in [5.74, 6) is 7.27. The molecule has 1 unspecified atom stereocenters. The topological polar surface area (TPSA) is 56.5 Å². The van der Waals surface area contributed by atoms with E-state index in [9.17, 15) is 0 Å². The fraction of sp³-hybridized carbons (Fsp3) is 0.200. The van der Waals surface area contributed by atoms with Crippen LogP contribution in [-0.2, 0) is 0 Å². The van der Waals surface area contributed by atoms with E-state index in [2.05, 4.69) is 37.3 Å². The second kappa shape index (κ2) is 7.26. The number of halogens is 2. The fourth-order valence-electron chi connectivity index (χ4n) is 2.17. The number of hydrogen-bond acceptors (Lipinski definition) is 4. The summed E-state index contributed by atoms with van der Waals surface area (Å²) < 4.78 is 12.7. The van der Waals surface area contributed by atoms with Crippen LogP contribution in [0.2, 0.25) is 0 Å². The lowest BCUT2D eigenvalue weighted by atomic mass is 9.98. The third-order valence-electron chi connectivity index (χ3n) is 3.13. The van der Waals surface area contributed by atoms with Crippen LogP contribution >= 0.6 is 31.9 Å². The summed E-state index contributed by atoms with van der Waals surface area (Å²) in [6.07, 6.45) is 0. The molecule has 1 atom stereocenters. The van der Waals surface area contributed by atoms with E-state index in [1.807, 2.05) is 36.4 Å². The minimum atomic E-state index is -0.219. The number of methoxy groups -OCH3 is 2. The van der Waals surface area contributed by atoms with Gasteiger partial charge in [-0.05, 0) is 42.0 Å². The van der Waals surface area contributed by atoms with Gasteiger partial charge in [0.2, 0.25) is 0 Å². The van der Waals surface area contributed by atoms with Crippen LogP contribution in [0.4, 0.5) is 0 Å². The van der Waals surface area contributed by atoms with E-state index in [1.54, 1.807) is 14.2 Å². The van der Waals surface area contributed by atoms with Crippen LogP contribution < -0.4 is 20.7 Å². The van der Waals surface area contributed by atoms with Crippen LogP contribution in [0.5, 0.6) is 11.5 Å². The van der Waals surface area contributed by atoms with Crippen molar-refractivity contribution in [2.24, 2.45) is 5.84 Å². The van der Waals surface area contributed by atoms with Crippen LogP contribution in [0.1, 0.15) is 17.2 Å². The molecule has 0 bridgehead atoms. The average molecular weight is 416 g/mol. The van der Waals surface area contributed by atoms with Gasteiger partial charge in [-0.25, -0.2) is 5.43 Å². The van der Waals surface area contributed by atoms with Gasteiger partial charge in [-0.3, -0.25) is 5.84 Å². The first kappa shape index (κ1) is 16.3. The van der Waals surface area contributed by atoms with E-state index < -0.39 is 0 Å². The maximum atomic E-state index is 5.78. The summed E-state index contributed by atoms with van der Waals surface area (Å²) in [4.78, 5) is 0. The molecule has 0 fully saturated rings. The molecule has 112 valence electrons. The zero-order chi connectivity index (χ0) is 15.4. The highest BCUT2D eigenvalue weighted by Crippen LogP contribution is 2.34. The highest BCUT2D eigenvalue weighted by molar-refractivity contribution is 9.11. The first-order chi connectivity index (χ1) is 10.1. The highest BCUT2D eigenvalue weighted by Gasteiger charge is 2.19. The zero-order valence-electron chi connectivity index (χ0n) is 11.7. The molecular formula is C15H16Br2N2O2. The van der Waals surface area contributed by atoms with Gasteiger partial charge in [-0.15, -0.1) is 0 Å². The fourth-order valence-corrected chi connectivity index (χ4v) is 3.50. The number of rotatable bonds is 5. The summed E-state index contributed by atoms with van der Waals surface area (Å²) in [6.45, 7) is 0. The van der Waals surface area contributed by atoms with E-state index >= 15 is 0 Å². The Hall–Kier alpha value is -1.08. The summed E-state index contributed by atoms with van der Waals surface area (Å²) in [5, 5.41) is 0. The van der Waals surface area contributed by atoms with Crippen molar-refractivity contribution in [2.75, 3.05) is 14.2 Å². The molecule has 2 rings (SSSR count). The molecule has 0 aliphatic heterocycles. The van der Waals surface area contributed by atoms with Crippen molar-refractivity contribution < 1.29 is 9.47 Å². The Balaban J connectivity index is 2.54. The maximum absolute atomic E-state index is 5.78. The third-order valence-corrected chi connectivity index (χ3v) is 4.05. The van der Waals surface area contributed by atoms with Crippen molar-refractivity contribution in [1.29, 1.82) is 0 Å². The number of nitrogens with one attached hydrogen (secondary N) is 1. The van der Waals surface area contributed by atoms with Crippen LogP contribution in [0.15, 0.2) is 45.3 Å². The van der Waals surface area contributed by atoms with Gasteiger partial charge in [-0.1, -0.05) is 31.9 Å². The lowest BCUT2D eigenvalue weighted by Crippen LogP contribution is -2.29. The zero-order valence-corrected chi connectivity index (χ0v) is 14.9. The smallest absolute Gasteiger partial charge is 0.124 e. The van der Waals surface area contributed by atoms with Crippen molar-refractivity contribution >= 4 is 31.9 Å². The van der Waals surface area contributed by atoms with Gasteiger partial charge in [0.1, 0.15) is 11.5 Å². The molecule has 0 amide bonds. The molecule has 0 aliphatic rings. The number of benzene rings is 2. The predicted octanol–water partition coefficient (Wildman–Crippen LogP) is 3.78. The predicted molar refractivity (Wildman–Crippen MR) is 90.6 cm³/mol. The Morgan fingerprint density at radius 3 is 2.19 bits per heavy atom. The molecule has 0 radical (unpaired) electrons. The van der Waals surface area contributed by atoms with Gasteiger partial charge in [0, 0.05) is 14.5 Å². The van der Waals surface area contributed by atoms with Crippen LogP contribution in [0.3, 0.4) is 0 Å². The molecule has 0 aromatic heterocycles. The van der Waals surface area contributed by atoms with E-state index in [1.165, 1.54) is 0 Å². The monoisotopic (exact) mass is 414 g/mol. The second-order valence-electron chi connectivity index (χ2n) is 4.41. The summed E-state index contributed by atoms with van der Waals surface area (Å²) >= 11 is 6.98. The molecule has 0 saturated heterocycles. The molecule has 21 heavy (non-hydrogen) atoms.